The van der Waals surface area contributed by atoms with Gasteiger partial charge in [-0.3, -0.25) is 4.68 Å². The first-order valence-corrected chi connectivity index (χ1v) is 9.23. The maximum Gasteiger partial charge on any atom is 0.0489 e. The fraction of sp³-hybridized carbons (Fsp3) is 0.833. The molecule has 0 aromatic carbocycles. The molecule has 1 atom stereocenters. The molecule has 1 aliphatic carbocycles. The average Bonchev–Trinajstić information content (AvgIpc) is 3.19. The largest absolute Gasteiger partial charge is 0.307 e. The van der Waals surface area contributed by atoms with E-state index >= 15 is 0 Å². The van der Waals surface area contributed by atoms with E-state index in [1.165, 1.54) is 64.6 Å². The minimum atomic E-state index is 0.367. The lowest BCUT2D eigenvalue weighted by Crippen LogP contribution is -2.57. The van der Waals surface area contributed by atoms with E-state index in [9.17, 15) is 0 Å². The Balaban J connectivity index is 1.54. The summed E-state index contributed by atoms with van der Waals surface area (Å²) in [5, 5.41) is 8.36. The van der Waals surface area contributed by atoms with Crippen molar-refractivity contribution in [1.82, 2.24) is 20.0 Å². The molecule has 1 saturated heterocycles. The van der Waals surface area contributed by atoms with Crippen LogP contribution in [0, 0.1) is 0 Å². The van der Waals surface area contributed by atoms with E-state index in [1.807, 2.05) is 16.9 Å². The first-order chi connectivity index (χ1) is 10.8. The molecule has 2 fully saturated rings. The summed E-state index contributed by atoms with van der Waals surface area (Å²) in [6.45, 7) is 7.25. The van der Waals surface area contributed by atoms with Crippen molar-refractivity contribution in [3.8, 4) is 0 Å². The van der Waals surface area contributed by atoms with Crippen molar-refractivity contribution in [2.24, 2.45) is 0 Å². The summed E-state index contributed by atoms with van der Waals surface area (Å²) in [5.74, 6) is 0. The zero-order valence-electron chi connectivity index (χ0n) is 14.1. The van der Waals surface area contributed by atoms with Gasteiger partial charge in [-0.2, -0.15) is 5.10 Å². The normalized spacial score (nSPS) is 23.7. The van der Waals surface area contributed by atoms with E-state index in [1.54, 1.807) is 0 Å². The van der Waals surface area contributed by atoms with Gasteiger partial charge in [0.1, 0.15) is 0 Å². The molecule has 0 spiro atoms. The van der Waals surface area contributed by atoms with Crippen LogP contribution in [-0.4, -0.2) is 45.9 Å². The fourth-order valence-electron chi connectivity index (χ4n) is 4.30. The zero-order valence-corrected chi connectivity index (χ0v) is 14.1. The molecule has 1 aromatic rings. The first-order valence-electron chi connectivity index (χ1n) is 9.23. The number of hydrogen-bond acceptors (Lipinski definition) is 3. The van der Waals surface area contributed by atoms with Crippen LogP contribution < -0.4 is 5.32 Å². The van der Waals surface area contributed by atoms with E-state index in [0.717, 1.165) is 13.0 Å². The molecule has 3 rings (SSSR count). The zero-order chi connectivity index (χ0) is 15.3. The van der Waals surface area contributed by atoms with Gasteiger partial charge in [0.25, 0.3) is 0 Å². The lowest BCUT2D eigenvalue weighted by atomic mass is 9.80. The van der Waals surface area contributed by atoms with Gasteiger partial charge in [-0.25, -0.2) is 0 Å². The average molecular weight is 304 g/mol. The summed E-state index contributed by atoms with van der Waals surface area (Å²) in [6, 6.07) is 2.57. The minimum absolute atomic E-state index is 0.367. The second kappa shape index (κ2) is 7.60. The van der Waals surface area contributed by atoms with Gasteiger partial charge < -0.3 is 10.2 Å². The van der Waals surface area contributed by atoms with Gasteiger partial charge in [-0.1, -0.05) is 19.3 Å². The van der Waals surface area contributed by atoms with Crippen LogP contribution >= 0.6 is 0 Å². The van der Waals surface area contributed by atoms with Gasteiger partial charge >= 0.3 is 0 Å². The third kappa shape index (κ3) is 4.32. The lowest BCUT2D eigenvalue weighted by molar-refractivity contribution is 0.142. The Kier molecular flexibility index (Phi) is 5.53. The van der Waals surface area contributed by atoms with Gasteiger partial charge in [0.15, 0.2) is 0 Å². The Morgan fingerprint density at radius 3 is 2.59 bits per heavy atom. The molecule has 1 saturated carbocycles. The maximum absolute atomic E-state index is 4.32. The van der Waals surface area contributed by atoms with Gasteiger partial charge in [0.2, 0.25) is 0 Å². The van der Waals surface area contributed by atoms with Gasteiger partial charge in [0, 0.05) is 37.1 Å². The molecule has 1 aromatic heterocycles. The molecule has 2 heterocycles. The highest BCUT2D eigenvalue weighted by atomic mass is 15.3. The van der Waals surface area contributed by atoms with E-state index < -0.39 is 0 Å². The smallest absolute Gasteiger partial charge is 0.0489 e. The molecule has 124 valence electrons. The van der Waals surface area contributed by atoms with Crippen molar-refractivity contribution in [3.63, 3.8) is 0 Å². The fourth-order valence-corrected chi connectivity index (χ4v) is 4.30. The van der Waals surface area contributed by atoms with Crippen molar-refractivity contribution >= 4 is 0 Å². The summed E-state index contributed by atoms with van der Waals surface area (Å²) in [5.41, 5.74) is 0.367. The standard InChI is InChI=1S/C18H32N4/c1-17(8-15-22-14-7-11-19-22)20-18(9-3-2-4-10-18)16-21-12-5-6-13-21/h7,11,14,17,20H,2-6,8-10,12-13,15-16H2,1H3. The maximum atomic E-state index is 4.32. The highest BCUT2D eigenvalue weighted by Gasteiger charge is 2.35. The van der Waals surface area contributed by atoms with Crippen LogP contribution in [0.4, 0.5) is 0 Å². The SMILES string of the molecule is CC(CCn1cccn1)NC1(CN2CCCC2)CCCCC1. The predicted molar refractivity (Wildman–Crippen MR) is 90.9 cm³/mol. The van der Waals surface area contributed by atoms with Crippen molar-refractivity contribution in [2.75, 3.05) is 19.6 Å². The summed E-state index contributed by atoms with van der Waals surface area (Å²) in [4.78, 5) is 2.69. The van der Waals surface area contributed by atoms with Crippen LogP contribution in [0.1, 0.15) is 58.3 Å². The van der Waals surface area contributed by atoms with Crippen molar-refractivity contribution in [3.05, 3.63) is 18.5 Å². The predicted octanol–water partition coefficient (Wildman–Crippen LogP) is 3.05. The van der Waals surface area contributed by atoms with Crippen LogP contribution in [0.5, 0.6) is 0 Å². The number of hydrogen-bond donors (Lipinski definition) is 1. The molecular formula is C18H32N4. The van der Waals surface area contributed by atoms with E-state index in [2.05, 4.69) is 28.4 Å². The molecule has 0 amide bonds. The highest BCUT2D eigenvalue weighted by molar-refractivity contribution is 4.96. The Bertz CT molecular complexity index is 416. The van der Waals surface area contributed by atoms with Crippen LogP contribution in [0.25, 0.3) is 0 Å². The third-order valence-electron chi connectivity index (χ3n) is 5.44. The Labute approximate surface area is 135 Å². The van der Waals surface area contributed by atoms with Crippen molar-refractivity contribution < 1.29 is 0 Å². The molecule has 1 N–H and O–H groups in total. The molecule has 1 unspecified atom stereocenters. The molecule has 1 aliphatic heterocycles. The van der Waals surface area contributed by atoms with Gasteiger partial charge in [-0.05, 0) is 58.2 Å². The molecule has 2 aliphatic rings. The first kappa shape index (κ1) is 16.0. The second-order valence-electron chi connectivity index (χ2n) is 7.43. The third-order valence-corrected chi connectivity index (χ3v) is 5.44. The number of likely N-dealkylation sites (tertiary alicyclic amines) is 1. The van der Waals surface area contributed by atoms with Crippen molar-refractivity contribution in [1.29, 1.82) is 0 Å². The summed E-state index contributed by atoms with van der Waals surface area (Å²) < 4.78 is 2.05. The number of aryl methyl sites for hydroxylation is 1. The molecule has 4 heteroatoms. The quantitative estimate of drug-likeness (QED) is 0.840. The second-order valence-corrected chi connectivity index (χ2v) is 7.43. The van der Waals surface area contributed by atoms with Gasteiger partial charge in [-0.15, -0.1) is 0 Å². The van der Waals surface area contributed by atoms with E-state index in [-0.39, 0.29) is 0 Å². The summed E-state index contributed by atoms with van der Waals surface area (Å²) >= 11 is 0. The number of aromatic nitrogens is 2. The Morgan fingerprint density at radius 2 is 1.91 bits per heavy atom. The van der Waals surface area contributed by atoms with Crippen LogP contribution in [-0.2, 0) is 6.54 Å². The number of nitrogens with zero attached hydrogens (tertiary/aromatic N) is 3. The summed E-state index contributed by atoms with van der Waals surface area (Å²) in [6.07, 6.45) is 14.8. The molecule has 0 bridgehead atoms. The minimum Gasteiger partial charge on any atom is -0.307 e. The Morgan fingerprint density at radius 1 is 1.14 bits per heavy atom. The number of rotatable bonds is 7. The van der Waals surface area contributed by atoms with Crippen LogP contribution in [0.3, 0.4) is 0 Å². The van der Waals surface area contributed by atoms with Gasteiger partial charge in [0.05, 0.1) is 0 Å². The topological polar surface area (TPSA) is 33.1 Å². The molecule has 4 nitrogen and oxygen atoms in total. The van der Waals surface area contributed by atoms with Crippen molar-refractivity contribution in [2.45, 2.75) is 76.4 Å². The van der Waals surface area contributed by atoms with Crippen LogP contribution in [0.2, 0.25) is 0 Å². The molecule has 0 radical (unpaired) electrons. The summed E-state index contributed by atoms with van der Waals surface area (Å²) in [7, 11) is 0. The molecular weight excluding hydrogens is 272 g/mol. The van der Waals surface area contributed by atoms with Crippen LogP contribution in [0.15, 0.2) is 18.5 Å². The lowest BCUT2D eigenvalue weighted by Gasteiger charge is -2.43. The monoisotopic (exact) mass is 304 g/mol. The number of nitrogens with one attached hydrogen (secondary N) is 1. The van der Waals surface area contributed by atoms with E-state index in [4.69, 9.17) is 0 Å². The van der Waals surface area contributed by atoms with E-state index in [0.29, 0.717) is 11.6 Å². The highest BCUT2D eigenvalue weighted by Crippen LogP contribution is 2.31. The Hall–Kier alpha value is -0.870. The molecule has 22 heavy (non-hydrogen) atoms.